The second-order valence-corrected chi connectivity index (χ2v) is 17.1. The molecule has 0 aliphatic carbocycles. The lowest BCUT2D eigenvalue weighted by molar-refractivity contribution is 0.238. The largest absolute Gasteiger partial charge is 0.508 e. The van der Waals surface area contributed by atoms with Crippen LogP contribution >= 0.6 is 12.4 Å². The number of phenolic OH excluding ortho intramolecular Hbond substituents is 1. The molecule has 2 aromatic carbocycles. The summed E-state index contributed by atoms with van der Waals surface area (Å²) >= 11 is 0. The van der Waals surface area contributed by atoms with Crippen LogP contribution in [0.3, 0.4) is 0 Å². The molecule has 2 unspecified atom stereocenters. The number of rotatable bonds is 12. The van der Waals surface area contributed by atoms with Crippen molar-refractivity contribution >= 4 is 58.3 Å². The van der Waals surface area contributed by atoms with Gasteiger partial charge in [-0.15, -0.1) is 12.4 Å². The van der Waals surface area contributed by atoms with Gasteiger partial charge in [0.25, 0.3) is 0 Å². The van der Waals surface area contributed by atoms with Gasteiger partial charge in [-0.25, -0.2) is 29.0 Å². The Bertz CT molecular complexity index is 2860. The van der Waals surface area contributed by atoms with Gasteiger partial charge in [0, 0.05) is 67.6 Å². The van der Waals surface area contributed by atoms with Gasteiger partial charge in [-0.1, -0.05) is 12.1 Å². The van der Waals surface area contributed by atoms with Crippen molar-refractivity contribution in [2.24, 2.45) is 0 Å². The first-order valence-corrected chi connectivity index (χ1v) is 22.9. The van der Waals surface area contributed by atoms with Gasteiger partial charge in [0.05, 0.1) is 22.8 Å². The molecule has 340 valence electrons. The molecule has 3 aliphatic heterocycles. The van der Waals surface area contributed by atoms with Gasteiger partial charge in [-0.3, -0.25) is 4.90 Å². The number of phenols is 1. The standard InChI is InChI=1S/C28H33N7O.C22H22N6O.ClH/c1-21-6-5-16-34(21)27-8-4-7-26(31-27)30-25-20-24(32-35-17-13-29-28(25)35)22-9-11-23(12-10-22)36-19-18-33-14-2-3-15-33;1-15-4-3-12-27(15)21-6-2-5-20(25-21)24-19-14-18(16-7-9-17(29)10-8-16)26-28-13-11-23-22(19)28;/h4,7-13,17,20-21H,2-3,5-6,14-16,18-19H2,1H3,(H,30,31);2,5-11,13-15,29H,3-4,12H2,1H3,(H,24,25);1H. The molecule has 3 N–H and O–H groups in total. The summed E-state index contributed by atoms with van der Waals surface area (Å²) in [6.07, 6.45) is 14.6. The molecular weight excluding hydrogens is 850 g/mol. The fourth-order valence-corrected chi connectivity index (χ4v) is 9.08. The van der Waals surface area contributed by atoms with Crippen LogP contribution in [0.5, 0.6) is 11.5 Å². The number of pyridine rings is 2. The first-order chi connectivity index (χ1) is 31.9. The van der Waals surface area contributed by atoms with E-state index in [4.69, 9.17) is 19.8 Å². The summed E-state index contributed by atoms with van der Waals surface area (Å²) in [7, 11) is 0. The summed E-state index contributed by atoms with van der Waals surface area (Å²) in [6, 6.07) is 32.4. The molecule has 16 heteroatoms. The number of hydrogen-bond donors (Lipinski definition) is 3. The minimum Gasteiger partial charge on any atom is -0.508 e. The summed E-state index contributed by atoms with van der Waals surface area (Å²) in [5, 5.41) is 25.9. The van der Waals surface area contributed by atoms with E-state index in [1.807, 2.05) is 71.5 Å². The molecule has 15 nitrogen and oxygen atoms in total. The first kappa shape index (κ1) is 44.2. The number of nitrogens with one attached hydrogen (secondary N) is 2. The number of anilines is 6. The molecule has 6 aromatic heterocycles. The molecule has 3 saturated heterocycles. The third-order valence-corrected chi connectivity index (χ3v) is 12.6. The molecule has 0 spiro atoms. The third kappa shape index (κ3) is 9.97. The van der Waals surface area contributed by atoms with Crippen LogP contribution in [0.1, 0.15) is 52.4 Å². The van der Waals surface area contributed by atoms with E-state index in [1.54, 1.807) is 29.0 Å². The van der Waals surface area contributed by atoms with Crippen molar-refractivity contribution in [3.63, 3.8) is 0 Å². The highest BCUT2D eigenvalue weighted by Crippen LogP contribution is 2.31. The molecule has 0 radical (unpaired) electrons. The van der Waals surface area contributed by atoms with Crippen molar-refractivity contribution in [2.75, 3.05) is 59.8 Å². The van der Waals surface area contributed by atoms with Crippen LogP contribution in [0.15, 0.2) is 122 Å². The zero-order valence-corrected chi connectivity index (χ0v) is 38.2. The Hall–Kier alpha value is -6.97. The third-order valence-electron chi connectivity index (χ3n) is 12.6. The molecule has 0 bridgehead atoms. The first-order valence-electron chi connectivity index (χ1n) is 22.9. The average Bonchev–Trinajstić information content (AvgIpc) is 4.20. The minimum atomic E-state index is 0. The van der Waals surface area contributed by atoms with Crippen molar-refractivity contribution in [3.8, 4) is 34.0 Å². The van der Waals surface area contributed by atoms with E-state index < -0.39 is 0 Å². The second kappa shape index (κ2) is 20.0. The number of nitrogens with zero attached hydrogens (tertiary/aromatic N) is 11. The number of hydrogen-bond acceptors (Lipinski definition) is 13. The van der Waals surface area contributed by atoms with Crippen molar-refractivity contribution in [2.45, 2.75) is 64.5 Å². The smallest absolute Gasteiger partial charge is 0.177 e. The SMILES string of the molecule is CC1CCCN1c1cccc(Nc2cc(-c3ccc(O)cc3)nn3ccnc23)n1.CC1CCCN1c1cccc(Nc2cc(-c3ccc(OCCN4CCCC4)cc3)nn3ccnc23)n1.Cl. The van der Waals surface area contributed by atoms with E-state index in [9.17, 15) is 5.11 Å². The van der Waals surface area contributed by atoms with Crippen LogP contribution in [-0.4, -0.2) is 101 Å². The Morgan fingerprint density at radius 3 is 1.61 bits per heavy atom. The predicted octanol–water partition coefficient (Wildman–Crippen LogP) is 9.65. The topological polar surface area (TPSA) is 149 Å². The summed E-state index contributed by atoms with van der Waals surface area (Å²) in [4.78, 5) is 25.9. The zero-order valence-electron chi connectivity index (χ0n) is 37.4. The van der Waals surface area contributed by atoms with Gasteiger partial charge < -0.3 is 30.3 Å². The number of imidazole rings is 2. The molecule has 66 heavy (non-hydrogen) atoms. The Kier molecular flexibility index (Phi) is 13.4. The summed E-state index contributed by atoms with van der Waals surface area (Å²) in [5.74, 6) is 4.70. The molecule has 8 aromatic rings. The average molecular weight is 907 g/mol. The van der Waals surface area contributed by atoms with Gasteiger partial charge in [-0.2, -0.15) is 10.2 Å². The number of aromatic hydroxyl groups is 1. The van der Waals surface area contributed by atoms with Gasteiger partial charge in [0.2, 0.25) is 0 Å². The Labute approximate surface area is 390 Å². The van der Waals surface area contributed by atoms with E-state index in [2.05, 4.69) is 84.6 Å². The Morgan fingerprint density at radius 1 is 0.621 bits per heavy atom. The quantitative estimate of drug-likeness (QED) is 0.107. The number of halogens is 1. The maximum Gasteiger partial charge on any atom is 0.177 e. The van der Waals surface area contributed by atoms with Crippen LogP contribution in [-0.2, 0) is 0 Å². The van der Waals surface area contributed by atoms with Gasteiger partial charge in [0.15, 0.2) is 11.3 Å². The van der Waals surface area contributed by atoms with Gasteiger partial charge >= 0.3 is 0 Å². The van der Waals surface area contributed by atoms with Crippen LogP contribution in [0.2, 0.25) is 0 Å². The van der Waals surface area contributed by atoms with E-state index in [0.29, 0.717) is 12.1 Å². The monoisotopic (exact) mass is 905 g/mol. The van der Waals surface area contributed by atoms with Crippen LogP contribution < -0.4 is 25.2 Å². The van der Waals surface area contributed by atoms with Crippen molar-refractivity contribution in [3.05, 3.63) is 122 Å². The lowest BCUT2D eigenvalue weighted by atomic mass is 10.1. The molecule has 0 saturated carbocycles. The summed E-state index contributed by atoms with van der Waals surface area (Å²) < 4.78 is 9.54. The van der Waals surface area contributed by atoms with Crippen LogP contribution in [0, 0.1) is 0 Å². The molecular formula is C50H56ClN13O2. The lowest BCUT2D eigenvalue weighted by Crippen LogP contribution is -2.27. The molecule has 11 rings (SSSR count). The fourth-order valence-electron chi connectivity index (χ4n) is 9.08. The predicted molar refractivity (Wildman–Crippen MR) is 264 cm³/mol. The van der Waals surface area contributed by atoms with E-state index in [0.717, 1.165) is 100 Å². The molecule has 3 fully saturated rings. The summed E-state index contributed by atoms with van der Waals surface area (Å²) in [5.41, 5.74) is 6.76. The Morgan fingerprint density at radius 2 is 1.12 bits per heavy atom. The molecule has 9 heterocycles. The number of fused-ring (bicyclic) bond motifs is 2. The molecule has 3 aliphatic rings. The van der Waals surface area contributed by atoms with E-state index in [-0.39, 0.29) is 18.2 Å². The number of ether oxygens (including phenoxy) is 1. The maximum absolute atomic E-state index is 9.57. The minimum absolute atomic E-state index is 0. The van der Waals surface area contributed by atoms with Crippen molar-refractivity contribution in [1.29, 1.82) is 0 Å². The van der Waals surface area contributed by atoms with Crippen LogP contribution in [0.4, 0.5) is 34.6 Å². The lowest BCUT2D eigenvalue weighted by Gasteiger charge is -2.23. The van der Waals surface area contributed by atoms with E-state index >= 15 is 0 Å². The van der Waals surface area contributed by atoms with Gasteiger partial charge in [0.1, 0.15) is 41.4 Å². The van der Waals surface area contributed by atoms with Crippen molar-refractivity contribution in [1.82, 2.24) is 44.1 Å². The Balaban J connectivity index is 0.000000167. The van der Waals surface area contributed by atoms with Crippen LogP contribution in [0.25, 0.3) is 33.8 Å². The second-order valence-electron chi connectivity index (χ2n) is 17.1. The van der Waals surface area contributed by atoms with Gasteiger partial charge in [-0.05, 0) is 150 Å². The van der Waals surface area contributed by atoms with Crippen molar-refractivity contribution < 1.29 is 9.84 Å². The zero-order chi connectivity index (χ0) is 44.1. The highest BCUT2D eigenvalue weighted by molar-refractivity contribution is 5.85. The normalized spacial score (nSPS) is 17.2. The van der Waals surface area contributed by atoms with E-state index in [1.165, 1.54) is 51.6 Å². The number of likely N-dealkylation sites (tertiary alicyclic amines) is 1. The molecule has 0 amide bonds. The molecule has 2 atom stereocenters. The number of aromatic nitrogens is 8. The summed E-state index contributed by atoms with van der Waals surface area (Å²) in [6.45, 7) is 10.7. The fraction of sp³-hybridized carbons (Fsp3) is 0.320. The highest BCUT2D eigenvalue weighted by atomic mass is 35.5. The number of benzene rings is 2. The maximum atomic E-state index is 9.57. The highest BCUT2D eigenvalue weighted by Gasteiger charge is 2.23.